The predicted octanol–water partition coefficient (Wildman–Crippen LogP) is 1.68. The molecular weight excluding hydrogens is 257 g/mol. The van der Waals surface area contributed by atoms with Crippen molar-refractivity contribution in [3.8, 4) is 0 Å². The van der Waals surface area contributed by atoms with E-state index in [2.05, 4.69) is 15.6 Å². The second kappa shape index (κ2) is 10.2. The Morgan fingerprint density at radius 1 is 1.30 bits per heavy atom. The van der Waals surface area contributed by atoms with E-state index in [0.29, 0.717) is 25.5 Å². The van der Waals surface area contributed by atoms with Gasteiger partial charge in [-0.15, -0.1) is 0 Å². The molecule has 1 unspecified atom stereocenters. The van der Waals surface area contributed by atoms with E-state index in [0.717, 1.165) is 12.1 Å². The number of rotatable bonds is 8. The fourth-order valence-corrected chi connectivity index (χ4v) is 1.81. The van der Waals surface area contributed by atoms with Gasteiger partial charge in [-0.3, -0.25) is 9.38 Å². The van der Waals surface area contributed by atoms with Crippen LogP contribution in [0.3, 0.4) is 0 Å². The van der Waals surface area contributed by atoms with Gasteiger partial charge in [0.2, 0.25) is 0 Å². The third-order valence-electron chi connectivity index (χ3n) is 2.91. The van der Waals surface area contributed by atoms with Crippen LogP contribution < -0.4 is 10.6 Å². The molecule has 0 aliphatic rings. The summed E-state index contributed by atoms with van der Waals surface area (Å²) < 4.78 is 12.1. The van der Waals surface area contributed by atoms with Crippen LogP contribution in [0.4, 0.5) is 4.39 Å². The Kier molecular flexibility index (Phi) is 8.38. The van der Waals surface area contributed by atoms with Crippen molar-refractivity contribution in [2.45, 2.75) is 19.3 Å². The van der Waals surface area contributed by atoms with E-state index in [1.165, 1.54) is 0 Å². The van der Waals surface area contributed by atoms with Crippen LogP contribution in [-0.4, -0.2) is 44.0 Å². The largest absolute Gasteiger partial charge is 0.396 e. The Morgan fingerprint density at radius 2 is 2.05 bits per heavy atom. The molecule has 1 aromatic carbocycles. The van der Waals surface area contributed by atoms with Crippen molar-refractivity contribution >= 4 is 5.96 Å². The van der Waals surface area contributed by atoms with Crippen LogP contribution in [0.15, 0.2) is 35.3 Å². The Hall–Kier alpha value is -1.62. The fraction of sp³-hybridized carbons (Fsp3) is 0.533. The number of aliphatic hydroxyl groups is 1. The molecular formula is C15H24FN3O. The molecule has 0 aromatic heterocycles. The minimum absolute atomic E-state index is 0.0205. The number of hydrogen-bond acceptors (Lipinski definition) is 2. The van der Waals surface area contributed by atoms with E-state index in [-0.39, 0.29) is 19.2 Å². The lowest BCUT2D eigenvalue weighted by molar-refractivity contribution is 0.268. The molecule has 0 radical (unpaired) electrons. The first kappa shape index (κ1) is 16.4. The number of alkyl halides is 1. The lowest BCUT2D eigenvalue weighted by atomic mass is 10.0. The van der Waals surface area contributed by atoms with E-state index in [1.807, 2.05) is 37.3 Å². The van der Waals surface area contributed by atoms with E-state index in [4.69, 9.17) is 0 Å². The molecule has 0 saturated carbocycles. The van der Waals surface area contributed by atoms with Crippen LogP contribution in [0.5, 0.6) is 0 Å². The van der Waals surface area contributed by atoms with Crippen LogP contribution in [0.2, 0.25) is 0 Å². The molecule has 112 valence electrons. The Bertz CT molecular complexity index is 384. The average molecular weight is 281 g/mol. The lowest BCUT2D eigenvalue weighted by Gasteiger charge is -2.15. The zero-order valence-corrected chi connectivity index (χ0v) is 12.0. The van der Waals surface area contributed by atoms with Gasteiger partial charge in [-0.2, -0.15) is 0 Å². The van der Waals surface area contributed by atoms with E-state index in [9.17, 15) is 9.50 Å². The molecule has 0 aliphatic heterocycles. The molecule has 0 amide bonds. The van der Waals surface area contributed by atoms with Crippen LogP contribution in [0, 0.1) is 0 Å². The summed E-state index contributed by atoms with van der Waals surface area (Å²) in [5.74, 6) is 0.642. The number of guanidine groups is 1. The van der Waals surface area contributed by atoms with E-state index < -0.39 is 0 Å². The molecule has 1 atom stereocenters. The SMILES string of the molecule is CCNC(=NCC(CO)c1ccccc1)NCCCF. The monoisotopic (exact) mass is 281 g/mol. The van der Waals surface area contributed by atoms with Gasteiger partial charge in [0.25, 0.3) is 0 Å². The molecule has 0 aliphatic carbocycles. The van der Waals surface area contributed by atoms with E-state index in [1.54, 1.807) is 0 Å². The summed E-state index contributed by atoms with van der Waals surface area (Å²) in [5, 5.41) is 15.7. The van der Waals surface area contributed by atoms with Gasteiger partial charge in [-0.25, -0.2) is 0 Å². The summed E-state index contributed by atoms with van der Waals surface area (Å²) >= 11 is 0. The summed E-state index contributed by atoms with van der Waals surface area (Å²) in [6, 6.07) is 9.82. The van der Waals surface area contributed by atoms with E-state index >= 15 is 0 Å². The number of nitrogens with zero attached hydrogens (tertiary/aromatic N) is 1. The second-order valence-electron chi connectivity index (χ2n) is 4.48. The normalized spacial score (nSPS) is 13.1. The summed E-state index contributed by atoms with van der Waals surface area (Å²) in [4.78, 5) is 4.44. The van der Waals surface area contributed by atoms with Gasteiger partial charge in [-0.1, -0.05) is 30.3 Å². The number of nitrogens with one attached hydrogen (secondary N) is 2. The van der Waals surface area contributed by atoms with Gasteiger partial charge >= 0.3 is 0 Å². The third-order valence-corrected chi connectivity index (χ3v) is 2.91. The zero-order chi connectivity index (χ0) is 14.6. The van der Waals surface area contributed by atoms with Gasteiger partial charge in [0, 0.05) is 19.0 Å². The molecule has 1 rings (SSSR count). The number of aliphatic imine (C=N–C) groups is 1. The van der Waals surface area contributed by atoms with Crippen molar-refractivity contribution in [2.75, 3.05) is 32.9 Å². The van der Waals surface area contributed by atoms with Crippen molar-refractivity contribution in [3.63, 3.8) is 0 Å². The molecule has 1 aromatic rings. The van der Waals surface area contributed by atoms with Crippen LogP contribution >= 0.6 is 0 Å². The van der Waals surface area contributed by atoms with Crippen molar-refractivity contribution in [1.82, 2.24) is 10.6 Å². The summed E-state index contributed by atoms with van der Waals surface area (Å²) in [6.45, 7) is 3.49. The maximum absolute atomic E-state index is 12.1. The van der Waals surface area contributed by atoms with Gasteiger partial charge in [0.05, 0.1) is 19.8 Å². The number of aliphatic hydroxyl groups excluding tert-OH is 1. The Morgan fingerprint density at radius 3 is 2.65 bits per heavy atom. The highest BCUT2D eigenvalue weighted by atomic mass is 19.1. The quantitative estimate of drug-likeness (QED) is 0.386. The molecule has 0 spiro atoms. The average Bonchev–Trinajstić information content (AvgIpc) is 2.49. The zero-order valence-electron chi connectivity index (χ0n) is 12.0. The first-order valence-electron chi connectivity index (χ1n) is 7.05. The highest BCUT2D eigenvalue weighted by Crippen LogP contribution is 2.14. The third kappa shape index (κ3) is 6.02. The smallest absolute Gasteiger partial charge is 0.191 e. The van der Waals surface area contributed by atoms with Gasteiger partial charge in [0.15, 0.2) is 5.96 Å². The summed E-state index contributed by atoms with van der Waals surface area (Å²) in [5.41, 5.74) is 1.07. The fourth-order valence-electron chi connectivity index (χ4n) is 1.81. The molecule has 20 heavy (non-hydrogen) atoms. The maximum atomic E-state index is 12.1. The Balaban J connectivity index is 2.59. The molecule has 4 nitrogen and oxygen atoms in total. The first-order chi connectivity index (χ1) is 9.81. The number of hydrogen-bond donors (Lipinski definition) is 3. The molecule has 0 bridgehead atoms. The number of benzene rings is 1. The molecule has 5 heteroatoms. The highest BCUT2D eigenvalue weighted by Gasteiger charge is 2.09. The second-order valence-corrected chi connectivity index (χ2v) is 4.48. The molecule has 0 saturated heterocycles. The molecule has 0 heterocycles. The van der Waals surface area contributed by atoms with Crippen LogP contribution in [-0.2, 0) is 0 Å². The summed E-state index contributed by atoms with van der Waals surface area (Å²) in [6.07, 6.45) is 0.465. The molecule has 3 N–H and O–H groups in total. The topological polar surface area (TPSA) is 56.7 Å². The molecule has 0 fully saturated rings. The summed E-state index contributed by atoms with van der Waals surface area (Å²) in [7, 11) is 0. The maximum Gasteiger partial charge on any atom is 0.191 e. The minimum atomic E-state index is -0.338. The van der Waals surface area contributed by atoms with Gasteiger partial charge in [0.1, 0.15) is 0 Å². The number of halogens is 1. The van der Waals surface area contributed by atoms with Gasteiger partial charge < -0.3 is 15.7 Å². The van der Waals surface area contributed by atoms with Crippen molar-refractivity contribution in [2.24, 2.45) is 4.99 Å². The Labute approximate surface area is 120 Å². The van der Waals surface area contributed by atoms with Crippen molar-refractivity contribution in [1.29, 1.82) is 0 Å². The van der Waals surface area contributed by atoms with Crippen molar-refractivity contribution < 1.29 is 9.50 Å². The predicted molar refractivity (Wildman–Crippen MR) is 80.8 cm³/mol. The lowest BCUT2D eigenvalue weighted by Crippen LogP contribution is -2.38. The van der Waals surface area contributed by atoms with Gasteiger partial charge in [-0.05, 0) is 18.9 Å². The minimum Gasteiger partial charge on any atom is -0.396 e. The first-order valence-corrected chi connectivity index (χ1v) is 7.05. The van der Waals surface area contributed by atoms with Crippen LogP contribution in [0.1, 0.15) is 24.8 Å². The van der Waals surface area contributed by atoms with Crippen molar-refractivity contribution in [3.05, 3.63) is 35.9 Å². The standard InChI is InChI=1S/C15H24FN3O/c1-2-17-15(18-10-6-9-16)19-11-14(12-20)13-7-4-3-5-8-13/h3-5,7-8,14,20H,2,6,9-12H2,1H3,(H2,17,18,19). The van der Waals surface area contributed by atoms with Crippen LogP contribution in [0.25, 0.3) is 0 Å². The highest BCUT2D eigenvalue weighted by molar-refractivity contribution is 5.79.